The third kappa shape index (κ3) is 23.7. The van der Waals surface area contributed by atoms with Crippen LogP contribution in [0.25, 0.3) is 0 Å². The fourth-order valence-corrected chi connectivity index (χ4v) is 2.23. The van der Waals surface area contributed by atoms with E-state index in [1.807, 2.05) is 6.07 Å². The molecule has 0 aliphatic heterocycles. The van der Waals surface area contributed by atoms with Gasteiger partial charge in [-0.25, -0.2) is 0 Å². The van der Waals surface area contributed by atoms with Crippen LogP contribution >= 0.6 is 7.60 Å². The predicted octanol–water partition coefficient (Wildman–Crippen LogP) is 3.70. The van der Waals surface area contributed by atoms with Crippen molar-refractivity contribution >= 4 is 7.60 Å². The smallest absolute Gasteiger partial charge is 0.329 e. The topological polar surface area (TPSA) is 98.0 Å². The van der Waals surface area contributed by atoms with Crippen LogP contribution in [0.1, 0.15) is 57.9 Å². The summed E-state index contributed by atoms with van der Waals surface area (Å²) >= 11 is 0. The Balaban J connectivity index is 0. The van der Waals surface area contributed by atoms with E-state index in [0.29, 0.717) is 18.8 Å². The third-order valence-corrected chi connectivity index (χ3v) is 3.53. The van der Waals surface area contributed by atoms with Crippen molar-refractivity contribution in [1.82, 2.24) is 0 Å². The monoisotopic (exact) mass is 348 g/mol. The highest BCUT2D eigenvalue weighted by Crippen LogP contribution is 2.38. The van der Waals surface area contributed by atoms with Crippen LogP contribution in [0.3, 0.4) is 0 Å². The molecule has 0 saturated carbocycles. The first-order chi connectivity index (χ1) is 10.9. The molecule has 23 heavy (non-hydrogen) atoms. The van der Waals surface area contributed by atoms with Crippen LogP contribution in [-0.4, -0.2) is 33.2 Å². The number of aliphatic hydroxyl groups excluding tert-OH is 2. The van der Waals surface area contributed by atoms with E-state index in [-0.39, 0.29) is 6.16 Å². The van der Waals surface area contributed by atoms with Crippen molar-refractivity contribution in [3.63, 3.8) is 0 Å². The molecular weight excluding hydrogens is 315 g/mol. The van der Waals surface area contributed by atoms with E-state index in [1.165, 1.54) is 12.8 Å². The molecule has 0 fully saturated rings. The zero-order valence-electron chi connectivity index (χ0n) is 14.4. The highest BCUT2D eigenvalue weighted by Gasteiger charge is 2.12. The molecule has 0 atom stereocenters. The van der Waals surface area contributed by atoms with Crippen LogP contribution < -0.4 is 0 Å². The predicted molar refractivity (Wildman–Crippen MR) is 95.4 cm³/mol. The van der Waals surface area contributed by atoms with E-state index in [9.17, 15) is 4.57 Å². The average Bonchev–Trinajstić information content (AvgIpc) is 2.51. The molecule has 1 rings (SSSR count). The van der Waals surface area contributed by atoms with Crippen molar-refractivity contribution in [1.29, 1.82) is 0 Å². The number of benzene rings is 1. The van der Waals surface area contributed by atoms with Crippen molar-refractivity contribution in [3.8, 4) is 0 Å². The van der Waals surface area contributed by atoms with E-state index in [1.54, 1.807) is 24.3 Å². The van der Waals surface area contributed by atoms with Gasteiger partial charge >= 0.3 is 7.60 Å². The van der Waals surface area contributed by atoms with Gasteiger partial charge in [-0.05, 0) is 18.4 Å². The second-order valence-corrected chi connectivity index (χ2v) is 6.82. The molecule has 0 aromatic heterocycles. The van der Waals surface area contributed by atoms with E-state index in [0.717, 1.165) is 25.7 Å². The van der Waals surface area contributed by atoms with Crippen molar-refractivity contribution in [2.75, 3.05) is 13.2 Å². The number of hydrogen-bond donors (Lipinski definition) is 4. The van der Waals surface area contributed by atoms with E-state index >= 15 is 0 Å². The first kappa shape index (κ1) is 24.5. The van der Waals surface area contributed by atoms with Crippen LogP contribution in [0.2, 0.25) is 0 Å². The van der Waals surface area contributed by atoms with Crippen LogP contribution in [0.4, 0.5) is 0 Å². The van der Waals surface area contributed by atoms with Gasteiger partial charge in [-0.2, -0.15) is 0 Å². The summed E-state index contributed by atoms with van der Waals surface area (Å²) < 4.78 is 10.5. The largest absolute Gasteiger partial charge is 0.396 e. The summed E-state index contributed by atoms with van der Waals surface area (Å²) in [5.74, 6) is 0. The molecule has 0 radical (unpaired) electrons. The number of aliphatic hydroxyl groups is 2. The second kappa shape index (κ2) is 17.6. The van der Waals surface area contributed by atoms with Gasteiger partial charge in [-0.15, -0.1) is 0 Å². The Hall–Kier alpha value is -0.710. The summed E-state index contributed by atoms with van der Waals surface area (Å²) in [7, 11) is -3.89. The lowest BCUT2D eigenvalue weighted by Crippen LogP contribution is -1.84. The van der Waals surface area contributed by atoms with E-state index < -0.39 is 7.60 Å². The van der Waals surface area contributed by atoms with Crippen LogP contribution in [0.15, 0.2) is 30.3 Å². The maximum absolute atomic E-state index is 10.5. The van der Waals surface area contributed by atoms with Crippen molar-refractivity contribution in [3.05, 3.63) is 35.9 Å². The second-order valence-electron chi connectivity index (χ2n) is 5.17. The molecule has 0 aliphatic carbocycles. The molecule has 0 aliphatic rings. The lowest BCUT2D eigenvalue weighted by molar-refractivity contribution is 0.284. The summed E-state index contributed by atoms with van der Waals surface area (Å²) in [5.41, 5.74) is 0.667. The third-order valence-electron chi connectivity index (χ3n) is 2.75. The summed E-state index contributed by atoms with van der Waals surface area (Å²) in [6.07, 6.45) is 6.48. The lowest BCUT2D eigenvalue weighted by Gasteiger charge is -2.01. The van der Waals surface area contributed by atoms with Gasteiger partial charge in [0.2, 0.25) is 0 Å². The maximum Gasteiger partial charge on any atom is 0.329 e. The van der Waals surface area contributed by atoms with Gasteiger partial charge < -0.3 is 20.0 Å². The van der Waals surface area contributed by atoms with Gasteiger partial charge in [-0.3, -0.25) is 4.57 Å². The maximum atomic E-state index is 10.5. The molecule has 0 heterocycles. The van der Waals surface area contributed by atoms with Gasteiger partial charge in [-0.1, -0.05) is 69.9 Å². The van der Waals surface area contributed by atoms with Crippen LogP contribution in [0, 0.1) is 0 Å². The Morgan fingerprint density at radius 3 is 1.52 bits per heavy atom. The summed E-state index contributed by atoms with van der Waals surface area (Å²) in [6.45, 7) is 4.95. The molecule has 0 saturated heterocycles. The fraction of sp³-hybridized carbons (Fsp3) is 0.647. The minimum Gasteiger partial charge on any atom is -0.396 e. The Kier molecular flexibility index (Phi) is 18.8. The van der Waals surface area contributed by atoms with Gasteiger partial charge in [0, 0.05) is 13.2 Å². The average molecular weight is 348 g/mol. The summed E-state index contributed by atoms with van der Waals surface area (Å²) in [6, 6.07) is 8.71. The Bertz CT molecular complexity index is 362. The lowest BCUT2D eigenvalue weighted by atomic mass is 10.2. The highest BCUT2D eigenvalue weighted by atomic mass is 31.2. The van der Waals surface area contributed by atoms with Crippen LogP contribution in [-0.2, 0) is 10.7 Å². The number of hydrogen-bond acceptors (Lipinski definition) is 3. The SMILES string of the molecule is CCCCCO.CCCCCO.O=P(O)(O)Cc1ccccc1. The zero-order valence-corrected chi connectivity index (χ0v) is 15.3. The first-order valence-electron chi connectivity index (χ1n) is 8.21. The minimum atomic E-state index is -3.89. The first-order valence-corrected chi connectivity index (χ1v) is 10.0. The number of rotatable bonds is 8. The van der Waals surface area contributed by atoms with Gasteiger partial charge in [0.25, 0.3) is 0 Å². The van der Waals surface area contributed by atoms with Crippen LogP contribution in [0.5, 0.6) is 0 Å². The van der Waals surface area contributed by atoms with E-state index in [2.05, 4.69) is 13.8 Å². The summed E-state index contributed by atoms with van der Waals surface area (Å²) in [4.78, 5) is 17.2. The normalized spacial score (nSPS) is 10.2. The molecule has 136 valence electrons. The summed E-state index contributed by atoms with van der Waals surface area (Å²) in [5, 5.41) is 16.4. The molecule has 0 bridgehead atoms. The van der Waals surface area contributed by atoms with Crippen molar-refractivity contribution in [2.45, 2.75) is 58.5 Å². The molecular formula is C17H33O5P. The van der Waals surface area contributed by atoms with E-state index in [4.69, 9.17) is 20.0 Å². The molecule has 0 unspecified atom stereocenters. The highest BCUT2D eigenvalue weighted by molar-refractivity contribution is 7.50. The zero-order chi connectivity index (χ0) is 18.0. The molecule has 0 amide bonds. The van der Waals surface area contributed by atoms with Gasteiger partial charge in [0.05, 0.1) is 6.16 Å². The van der Waals surface area contributed by atoms with Crippen molar-refractivity contribution < 1.29 is 24.6 Å². The molecule has 0 spiro atoms. The Labute approximate surface area is 140 Å². The standard InChI is InChI=1S/C7H9O3P.2C5H12O/c8-11(9,10)6-7-4-2-1-3-5-7;2*1-2-3-4-5-6/h1-5H,6H2,(H2,8,9,10);2*6H,2-5H2,1H3. The fourth-order valence-electron chi connectivity index (χ4n) is 1.54. The molecule has 4 N–H and O–H groups in total. The molecule has 5 nitrogen and oxygen atoms in total. The van der Waals surface area contributed by atoms with Crippen molar-refractivity contribution in [2.24, 2.45) is 0 Å². The van der Waals surface area contributed by atoms with Gasteiger partial charge in [0.1, 0.15) is 0 Å². The molecule has 6 heteroatoms. The number of unbranched alkanes of at least 4 members (excludes halogenated alkanes) is 4. The molecule has 1 aromatic carbocycles. The van der Waals surface area contributed by atoms with Gasteiger partial charge in [0.15, 0.2) is 0 Å². The minimum absolute atomic E-state index is 0.173. The molecule has 1 aromatic rings. The Morgan fingerprint density at radius 1 is 0.826 bits per heavy atom. The Morgan fingerprint density at radius 2 is 1.26 bits per heavy atom. The quantitative estimate of drug-likeness (QED) is 0.424.